The second kappa shape index (κ2) is 5.28. The van der Waals surface area contributed by atoms with Gasteiger partial charge in [0.1, 0.15) is 17.5 Å². The molecule has 0 amide bonds. The minimum absolute atomic E-state index is 0.0463. The van der Waals surface area contributed by atoms with Crippen LogP contribution in [0.5, 0.6) is 0 Å². The second-order valence-corrected chi connectivity index (χ2v) is 6.03. The van der Waals surface area contributed by atoms with Crippen LogP contribution in [0.4, 0.5) is 24.5 Å². The van der Waals surface area contributed by atoms with Crippen molar-refractivity contribution in [1.29, 1.82) is 0 Å². The van der Waals surface area contributed by atoms with Gasteiger partial charge >= 0.3 is 0 Å². The van der Waals surface area contributed by atoms with Gasteiger partial charge in [0.15, 0.2) is 0 Å². The molecule has 112 valence electrons. The van der Waals surface area contributed by atoms with E-state index in [1.165, 1.54) is 6.92 Å². The number of hydrogen-bond acceptors (Lipinski definition) is 3. The molecule has 8 heteroatoms. The Hall–Kier alpha value is -2.22. The molecule has 0 fully saturated rings. The van der Waals surface area contributed by atoms with E-state index < -0.39 is 38.1 Å². The first-order valence-electron chi connectivity index (χ1n) is 5.74. The highest BCUT2D eigenvalue weighted by Crippen LogP contribution is 2.24. The summed E-state index contributed by atoms with van der Waals surface area (Å²) in [6.07, 6.45) is 0. The lowest BCUT2D eigenvalue weighted by Gasteiger charge is -2.11. The molecule has 0 unspecified atom stereocenters. The van der Waals surface area contributed by atoms with E-state index in [1.807, 2.05) is 4.72 Å². The molecule has 2 aromatic carbocycles. The van der Waals surface area contributed by atoms with Crippen LogP contribution in [0.25, 0.3) is 0 Å². The summed E-state index contributed by atoms with van der Waals surface area (Å²) in [4.78, 5) is -0.452. The van der Waals surface area contributed by atoms with Crippen LogP contribution in [0.2, 0.25) is 0 Å². The van der Waals surface area contributed by atoms with Crippen molar-refractivity contribution in [3.63, 3.8) is 0 Å². The molecular formula is C13H11F3N2O2S. The summed E-state index contributed by atoms with van der Waals surface area (Å²) in [6.45, 7) is 1.40. The highest BCUT2D eigenvalue weighted by atomic mass is 32.2. The monoisotopic (exact) mass is 316 g/mol. The summed E-state index contributed by atoms with van der Waals surface area (Å²) in [5, 5.41) is 0. The number of nitrogens with two attached hydrogens (primary N) is 1. The Balaban J connectivity index is 2.43. The summed E-state index contributed by atoms with van der Waals surface area (Å²) in [6, 6.07) is 4.18. The van der Waals surface area contributed by atoms with Crippen molar-refractivity contribution in [3.8, 4) is 0 Å². The van der Waals surface area contributed by atoms with E-state index >= 15 is 0 Å². The van der Waals surface area contributed by atoms with Crippen molar-refractivity contribution in [2.45, 2.75) is 11.8 Å². The Kier molecular flexibility index (Phi) is 3.82. The van der Waals surface area contributed by atoms with E-state index in [0.29, 0.717) is 6.07 Å². The Morgan fingerprint density at radius 2 is 1.71 bits per heavy atom. The SMILES string of the molecule is Cc1c(N)cc(S(=O)(=O)Nc2ccc(F)cc2F)cc1F. The quantitative estimate of drug-likeness (QED) is 0.855. The largest absolute Gasteiger partial charge is 0.398 e. The lowest BCUT2D eigenvalue weighted by atomic mass is 10.2. The average Bonchev–Trinajstić information content (AvgIpc) is 2.38. The molecule has 3 N–H and O–H groups in total. The smallest absolute Gasteiger partial charge is 0.262 e. The van der Waals surface area contributed by atoms with Crippen LogP contribution in [-0.2, 0) is 10.0 Å². The molecule has 4 nitrogen and oxygen atoms in total. The standard InChI is InChI=1S/C13H11F3N2O2S/c1-7-10(15)5-9(6-12(7)17)21(19,20)18-13-3-2-8(14)4-11(13)16/h2-6,18H,17H2,1H3. The summed E-state index contributed by atoms with van der Waals surface area (Å²) >= 11 is 0. The molecule has 2 aromatic rings. The van der Waals surface area contributed by atoms with Gasteiger partial charge < -0.3 is 5.73 Å². The Labute approximate surface area is 119 Å². The second-order valence-electron chi connectivity index (χ2n) is 4.35. The molecule has 0 saturated heterocycles. The number of rotatable bonds is 3. The molecule has 0 atom stereocenters. The molecule has 0 aromatic heterocycles. The van der Waals surface area contributed by atoms with Crippen LogP contribution in [0.3, 0.4) is 0 Å². The first kappa shape index (κ1) is 15.2. The van der Waals surface area contributed by atoms with Gasteiger partial charge in [0, 0.05) is 17.3 Å². The summed E-state index contributed by atoms with van der Waals surface area (Å²) < 4.78 is 65.8. The molecular weight excluding hydrogens is 305 g/mol. The summed E-state index contributed by atoms with van der Waals surface area (Å²) in [5.41, 5.74) is 5.12. The lowest BCUT2D eigenvalue weighted by molar-refractivity contribution is 0.582. The van der Waals surface area contributed by atoms with Gasteiger partial charge in [-0.2, -0.15) is 0 Å². The Bertz CT molecular complexity index is 784. The summed E-state index contributed by atoms with van der Waals surface area (Å²) in [5.74, 6) is -2.73. The van der Waals surface area contributed by atoms with Crippen molar-refractivity contribution in [2.75, 3.05) is 10.5 Å². The normalized spacial score (nSPS) is 11.4. The van der Waals surface area contributed by atoms with Crippen LogP contribution >= 0.6 is 0 Å². The zero-order valence-electron chi connectivity index (χ0n) is 10.8. The van der Waals surface area contributed by atoms with E-state index in [1.54, 1.807) is 0 Å². The van der Waals surface area contributed by atoms with E-state index in [2.05, 4.69) is 0 Å². The zero-order valence-corrected chi connectivity index (χ0v) is 11.6. The van der Waals surface area contributed by atoms with Crippen molar-refractivity contribution in [2.24, 2.45) is 0 Å². The third-order valence-electron chi connectivity index (χ3n) is 2.84. The van der Waals surface area contributed by atoms with Crippen LogP contribution in [0.1, 0.15) is 5.56 Å². The molecule has 0 spiro atoms. The third kappa shape index (κ3) is 3.10. The minimum atomic E-state index is -4.24. The van der Waals surface area contributed by atoms with Crippen LogP contribution in [0.15, 0.2) is 35.2 Å². The maximum atomic E-state index is 13.5. The fraction of sp³-hybridized carbons (Fsp3) is 0.0769. The highest BCUT2D eigenvalue weighted by Gasteiger charge is 2.19. The number of benzene rings is 2. The Morgan fingerprint density at radius 3 is 2.29 bits per heavy atom. The third-order valence-corrected chi connectivity index (χ3v) is 4.19. The summed E-state index contributed by atoms with van der Waals surface area (Å²) in [7, 11) is -4.24. The fourth-order valence-electron chi connectivity index (χ4n) is 1.61. The van der Waals surface area contributed by atoms with Crippen LogP contribution in [0, 0.1) is 24.4 Å². The molecule has 0 aliphatic rings. The molecule has 0 radical (unpaired) electrons. The average molecular weight is 316 g/mol. The zero-order chi connectivity index (χ0) is 15.8. The van der Waals surface area contributed by atoms with E-state index in [9.17, 15) is 21.6 Å². The number of nitrogen functional groups attached to an aromatic ring is 1. The number of anilines is 2. The highest BCUT2D eigenvalue weighted by molar-refractivity contribution is 7.92. The van der Waals surface area contributed by atoms with Crippen molar-refractivity contribution >= 4 is 21.4 Å². The topological polar surface area (TPSA) is 72.2 Å². The predicted molar refractivity (Wildman–Crippen MR) is 72.7 cm³/mol. The molecule has 0 bridgehead atoms. The van der Waals surface area contributed by atoms with E-state index in [4.69, 9.17) is 5.73 Å². The van der Waals surface area contributed by atoms with Crippen molar-refractivity contribution in [1.82, 2.24) is 0 Å². The number of nitrogens with one attached hydrogen (secondary N) is 1. The Morgan fingerprint density at radius 1 is 1.05 bits per heavy atom. The lowest BCUT2D eigenvalue weighted by Crippen LogP contribution is -2.15. The molecule has 0 aliphatic heterocycles. The van der Waals surface area contributed by atoms with Gasteiger partial charge in [0.2, 0.25) is 0 Å². The van der Waals surface area contributed by atoms with Gasteiger partial charge in [-0.05, 0) is 31.2 Å². The molecule has 0 heterocycles. The number of sulfonamides is 1. The van der Waals surface area contributed by atoms with Gasteiger partial charge in [-0.1, -0.05) is 0 Å². The van der Waals surface area contributed by atoms with Crippen molar-refractivity contribution < 1.29 is 21.6 Å². The number of halogens is 3. The van der Waals surface area contributed by atoms with Gasteiger partial charge in [0.25, 0.3) is 10.0 Å². The van der Waals surface area contributed by atoms with E-state index in [0.717, 1.165) is 24.3 Å². The fourth-order valence-corrected chi connectivity index (χ4v) is 2.72. The van der Waals surface area contributed by atoms with Gasteiger partial charge in [-0.25, -0.2) is 21.6 Å². The van der Waals surface area contributed by atoms with E-state index in [-0.39, 0.29) is 11.3 Å². The first-order chi connectivity index (χ1) is 9.70. The maximum absolute atomic E-state index is 13.5. The maximum Gasteiger partial charge on any atom is 0.262 e. The van der Waals surface area contributed by atoms with Gasteiger partial charge in [-0.3, -0.25) is 4.72 Å². The molecule has 0 aliphatic carbocycles. The molecule has 21 heavy (non-hydrogen) atoms. The van der Waals surface area contributed by atoms with Crippen LogP contribution in [-0.4, -0.2) is 8.42 Å². The first-order valence-corrected chi connectivity index (χ1v) is 7.22. The minimum Gasteiger partial charge on any atom is -0.398 e. The number of hydrogen-bond donors (Lipinski definition) is 2. The van der Waals surface area contributed by atoms with Crippen LogP contribution < -0.4 is 10.5 Å². The van der Waals surface area contributed by atoms with Crippen molar-refractivity contribution in [3.05, 3.63) is 53.3 Å². The predicted octanol–water partition coefficient (Wildman–Crippen LogP) is 2.80. The van der Waals surface area contributed by atoms with Gasteiger partial charge in [-0.15, -0.1) is 0 Å². The van der Waals surface area contributed by atoms with Gasteiger partial charge in [0.05, 0.1) is 10.6 Å². The molecule has 0 saturated carbocycles. The molecule has 2 rings (SSSR count).